The molecule has 0 aliphatic rings. The highest BCUT2D eigenvalue weighted by molar-refractivity contribution is 5.75. The lowest BCUT2D eigenvalue weighted by molar-refractivity contribution is -0.582. The number of hydrogen-bond donors (Lipinski definition) is 1. The summed E-state index contributed by atoms with van der Waals surface area (Å²) in [6.07, 6.45) is 3.41. The van der Waals surface area contributed by atoms with Crippen LogP contribution < -0.4 is 9.63 Å². The molecule has 5 nitrogen and oxygen atoms in total. The van der Waals surface area contributed by atoms with Crippen molar-refractivity contribution in [2.45, 2.75) is 0 Å². The van der Waals surface area contributed by atoms with E-state index in [4.69, 9.17) is 0 Å². The summed E-state index contributed by atoms with van der Waals surface area (Å²) in [6, 6.07) is 14.9. The third-order valence-electron chi connectivity index (χ3n) is 3.59. The second-order valence-corrected chi connectivity index (χ2v) is 5.27. The van der Waals surface area contributed by atoms with Crippen molar-refractivity contribution in [3.63, 3.8) is 0 Å². The number of anilines is 1. The van der Waals surface area contributed by atoms with Gasteiger partial charge in [0.2, 0.25) is 5.52 Å². The molecule has 0 saturated carbocycles. The fraction of sp³-hybridized carbons (Fsp3) is 0.118. The monoisotopic (exact) mass is 295 g/mol. The molecule has 0 bridgehead atoms. The molecular formula is C17H17N3O2. The summed E-state index contributed by atoms with van der Waals surface area (Å²) in [5, 5.41) is 22.3. The van der Waals surface area contributed by atoms with E-state index in [0.717, 1.165) is 20.7 Å². The molecule has 0 aliphatic carbocycles. The third-order valence-corrected chi connectivity index (χ3v) is 3.59. The second-order valence-electron chi connectivity index (χ2n) is 5.27. The Balaban J connectivity index is 1.95. The van der Waals surface area contributed by atoms with Crippen LogP contribution in [-0.4, -0.2) is 24.0 Å². The van der Waals surface area contributed by atoms with Crippen molar-refractivity contribution in [3.8, 4) is 0 Å². The molecule has 22 heavy (non-hydrogen) atoms. The first-order chi connectivity index (χ1) is 10.6. The van der Waals surface area contributed by atoms with Crippen molar-refractivity contribution in [3.05, 3.63) is 65.1 Å². The van der Waals surface area contributed by atoms with Crippen LogP contribution in [0.25, 0.3) is 23.2 Å². The fourth-order valence-corrected chi connectivity index (χ4v) is 2.34. The van der Waals surface area contributed by atoms with Crippen molar-refractivity contribution < 1.29 is 9.94 Å². The molecule has 0 amide bonds. The van der Waals surface area contributed by atoms with E-state index < -0.39 is 0 Å². The standard InChI is InChI=1S/C17H17N3O2/c1-18(2)14-10-7-13(8-11-14)9-12-17-19(21)15-5-3-4-6-16(15)20(17)22/h3-12,21H,1-2H3/b12-9+. The molecule has 3 rings (SSSR count). The first-order valence-corrected chi connectivity index (χ1v) is 6.95. The van der Waals surface area contributed by atoms with Crippen LogP contribution >= 0.6 is 0 Å². The van der Waals surface area contributed by atoms with Crippen molar-refractivity contribution in [2.75, 3.05) is 19.0 Å². The van der Waals surface area contributed by atoms with Crippen molar-refractivity contribution in [1.82, 2.24) is 4.73 Å². The number of benzene rings is 2. The highest BCUT2D eigenvalue weighted by Gasteiger charge is 2.18. The molecule has 112 valence electrons. The number of fused-ring (bicyclic) bond motifs is 1. The third kappa shape index (κ3) is 2.37. The summed E-state index contributed by atoms with van der Waals surface area (Å²) in [5.74, 6) is 0.179. The largest absolute Gasteiger partial charge is 0.710 e. The molecule has 2 aromatic carbocycles. The van der Waals surface area contributed by atoms with Gasteiger partial charge in [0.25, 0.3) is 0 Å². The smallest absolute Gasteiger partial charge is 0.325 e. The molecule has 1 aromatic heterocycles. The first kappa shape index (κ1) is 14.0. The highest BCUT2D eigenvalue weighted by atomic mass is 16.5. The van der Waals surface area contributed by atoms with E-state index in [-0.39, 0.29) is 5.82 Å². The summed E-state index contributed by atoms with van der Waals surface area (Å²) in [7, 11) is 3.96. The predicted octanol–water partition coefficient (Wildman–Crippen LogP) is 2.75. The van der Waals surface area contributed by atoms with Gasteiger partial charge in [0.05, 0.1) is 0 Å². The Morgan fingerprint density at radius 3 is 2.36 bits per heavy atom. The molecule has 0 radical (unpaired) electrons. The Labute approximate surface area is 128 Å². The van der Waals surface area contributed by atoms with E-state index in [1.807, 2.05) is 43.3 Å². The molecule has 0 spiro atoms. The lowest BCUT2D eigenvalue weighted by Crippen LogP contribution is -2.28. The Morgan fingerprint density at radius 1 is 1.05 bits per heavy atom. The Hall–Kier alpha value is -2.95. The number of hydrogen-bond acceptors (Lipinski definition) is 3. The van der Waals surface area contributed by atoms with Gasteiger partial charge in [-0.15, -0.1) is 0 Å². The Bertz CT molecular complexity index is 794. The first-order valence-electron chi connectivity index (χ1n) is 6.95. The van der Waals surface area contributed by atoms with Gasteiger partial charge in [-0.2, -0.15) is 0 Å². The van der Waals surface area contributed by atoms with E-state index in [0.29, 0.717) is 11.0 Å². The van der Waals surface area contributed by atoms with Gasteiger partial charge in [-0.3, -0.25) is 0 Å². The number of para-hydroxylation sites is 2. The van der Waals surface area contributed by atoms with E-state index in [9.17, 15) is 10.4 Å². The summed E-state index contributed by atoms with van der Waals surface area (Å²) in [4.78, 5) is 2.02. The lowest BCUT2D eigenvalue weighted by Gasteiger charge is -2.11. The van der Waals surface area contributed by atoms with Gasteiger partial charge >= 0.3 is 5.82 Å². The summed E-state index contributed by atoms with van der Waals surface area (Å²) >= 11 is 0. The maximum Gasteiger partial charge on any atom is 0.325 e. The molecular weight excluding hydrogens is 278 g/mol. The second kappa shape index (κ2) is 5.44. The highest BCUT2D eigenvalue weighted by Crippen LogP contribution is 2.16. The predicted molar refractivity (Wildman–Crippen MR) is 87.8 cm³/mol. The summed E-state index contributed by atoms with van der Waals surface area (Å²) in [6.45, 7) is 0. The lowest BCUT2D eigenvalue weighted by atomic mass is 10.2. The van der Waals surface area contributed by atoms with E-state index in [2.05, 4.69) is 0 Å². The average Bonchev–Trinajstić information content (AvgIpc) is 2.78. The van der Waals surface area contributed by atoms with Crippen molar-refractivity contribution >= 4 is 28.9 Å². The fourth-order valence-electron chi connectivity index (χ4n) is 2.34. The van der Waals surface area contributed by atoms with Gasteiger partial charge in [-0.25, -0.2) is 4.73 Å². The minimum absolute atomic E-state index is 0.179. The minimum Gasteiger partial charge on any atom is -0.710 e. The zero-order valence-electron chi connectivity index (χ0n) is 12.5. The van der Waals surface area contributed by atoms with Crippen LogP contribution in [0, 0.1) is 5.21 Å². The zero-order chi connectivity index (χ0) is 15.7. The molecule has 0 aliphatic heterocycles. The van der Waals surface area contributed by atoms with Crippen LogP contribution in [0.15, 0.2) is 48.5 Å². The van der Waals surface area contributed by atoms with Gasteiger partial charge in [0, 0.05) is 25.9 Å². The number of nitrogens with zero attached hydrogens (tertiary/aromatic N) is 3. The summed E-state index contributed by atoms with van der Waals surface area (Å²) < 4.78 is 1.63. The Kier molecular flexibility index (Phi) is 3.47. The van der Waals surface area contributed by atoms with Crippen LogP contribution in [0.4, 0.5) is 5.69 Å². The van der Waals surface area contributed by atoms with Crippen LogP contribution in [0.1, 0.15) is 11.4 Å². The normalized spacial score (nSPS) is 11.4. The SMILES string of the molecule is CN(C)c1ccc(/C=C/c2n(O)c3ccccc3[n+]2[O-])cc1. The van der Waals surface area contributed by atoms with E-state index in [1.165, 1.54) is 0 Å². The zero-order valence-corrected chi connectivity index (χ0v) is 12.5. The van der Waals surface area contributed by atoms with Gasteiger partial charge in [-0.1, -0.05) is 24.3 Å². The number of aromatic nitrogens is 2. The van der Waals surface area contributed by atoms with Crippen molar-refractivity contribution in [1.29, 1.82) is 0 Å². The molecule has 0 atom stereocenters. The van der Waals surface area contributed by atoms with Crippen LogP contribution in [-0.2, 0) is 0 Å². The van der Waals surface area contributed by atoms with Gasteiger partial charge in [-0.05, 0) is 40.6 Å². The molecule has 1 heterocycles. The number of imidazole rings is 1. The minimum atomic E-state index is 0.179. The number of rotatable bonds is 3. The van der Waals surface area contributed by atoms with Crippen LogP contribution in [0.5, 0.6) is 0 Å². The Morgan fingerprint density at radius 2 is 1.73 bits per heavy atom. The molecule has 5 heteroatoms. The summed E-state index contributed by atoms with van der Waals surface area (Å²) in [5.41, 5.74) is 2.98. The van der Waals surface area contributed by atoms with Gasteiger partial charge < -0.3 is 15.3 Å². The molecule has 0 unspecified atom stereocenters. The topological polar surface area (TPSA) is 55.3 Å². The molecule has 0 fully saturated rings. The van der Waals surface area contributed by atoms with E-state index in [1.54, 1.807) is 36.4 Å². The maximum atomic E-state index is 12.2. The van der Waals surface area contributed by atoms with Gasteiger partial charge in [0.1, 0.15) is 0 Å². The van der Waals surface area contributed by atoms with E-state index >= 15 is 0 Å². The van der Waals surface area contributed by atoms with Crippen LogP contribution in [0.2, 0.25) is 0 Å². The molecule has 1 N–H and O–H groups in total. The maximum absolute atomic E-state index is 12.2. The average molecular weight is 295 g/mol. The van der Waals surface area contributed by atoms with Crippen LogP contribution in [0.3, 0.4) is 0 Å². The molecule has 0 saturated heterocycles. The van der Waals surface area contributed by atoms with Crippen molar-refractivity contribution in [2.24, 2.45) is 0 Å². The quantitative estimate of drug-likeness (QED) is 0.459. The van der Waals surface area contributed by atoms with Gasteiger partial charge in [0.15, 0.2) is 5.52 Å². The molecule has 3 aromatic rings.